The van der Waals surface area contributed by atoms with Crippen LogP contribution in [0, 0.1) is 0 Å². The fourth-order valence-corrected chi connectivity index (χ4v) is 2.39. The zero-order valence-electron chi connectivity index (χ0n) is 11.4. The Morgan fingerprint density at radius 1 is 1.11 bits per heavy atom. The van der Waals surface area contributed by atoms with Crippen molar-refractivity contribution in [3.05, 3.63) is 18.7 Å². The number of hydrogen-bond acceptors (Lipinski definition) is 4. The van der Waals surface area contributed by atoms with Gasteiger partial charge < -0.3 is 9.67 Å². The van der Waals surface area contributed by atoms with E-state index in [0.29, 0.717) is 0 Å². The molecule has 2 heterocycles. The lowest BCUT2D eigenvalue weighted by atomic mass is 10.1. The first-order valence-electron chi connectivity index (χ1n) is 6.66. The van der Waals surface area contributed by atoms with E-state index in [1.807, 2.05) is 32.6 Å². The van der Waals surface area contributed by atoms with Crippen LogP contribution in [0.1, 0.15) is 13.8 Å². The maximum Gasteiger partial charge on any atom is 0.0946 e. The molecule has 0 aromatic carbocycles. The Labute approximate surface area is 109 Å². The lowest BCUT2D eigenvalue weighted by molar-refractivity contribution is 0.0174. The standard InChI is InChI=1S/C13H24N4O/c1-13(2,18)11-16-8-5-15(6-9-16)7-10-17-4-3-14-12-17/h3-4,12,18H,5-11H2,1-2H3. The van der Waals surface area contributed by atoms with Crippen LogP contribution < -0.4 is 0 Å². The van der Waals surface area contributed by atoms with Crippen LogP contribution in [0.5, 0.6) is 0 Å². The minimum atomic E-state index is -0.584. The highest BCUT2D eigenvalue weighted by Crippen LogP contribution is 2.08. The van der Waals surface area contributed by atoms with E-state index in [4.69, 9.17) is 0 Å². The van der Waals surface area contributed by atoms with Gasteiger partial charge in [-0.1, -0.05) is 0 Å². The molecule has 5 nitrogen and oxygen atoms in total. The van der Waals surface area contributed by atoms with Crippen molar-refractivity contribution in [2.45, 2.75) is 26.0 Å². The van der Waals surface area contributed by atoms with Crippen molar-refractivity contribution >= 4 is 0 Å². The summed E-state index contributed by atoms with van der Waals surface area (Å²) in [5, 5.41) is 9.80. The molecule has 1 aromatic heterocycles. The highest BCUT2D eigenvalue weighted by atomic mass is 16.3. The minimum absolute atomic E-state index is 0.584. The molecule has 2 rings (SSSR count). The molecule has 1 aromatic rings. The Morgan fingerprint density at radius 3 is 2.33 bits per heavy atom. The Morgan fingerprint density at radius 2 is 1.78 bits per heavy atom. The van der Waals surface area contributed by atoms with Crippen molar-refractivity contribution in [3.8, 4) is 0 Å². The van der Waals surface area contributed by atoms with Gasteiger partial charge in [0.15, 0.2) is 0 Å². The first-order valence-corrected chi connectivity index (χ1v) is 6.66. The number of hydrogen-bond donors (Lipinski definition) is 1. The quantitative estimate of drug-likeness (QED) is 0.817. The van der Waals surface area contributed by atoms with Gasteiger partial charge in [-0.3, -0.25) is 9.80 Å². The molecule has 5 heteroatoms. The Balaban J connectivity index is 1.67. The number of aromatic nitrogens is 2. The molecule has 0 saturated carbocycles. The van der Waals surface area contributed by atoms with E-state index in [0.717, 1.165) is 45.8 Å². The Bertz CT molecular complexity index is 336. The summed E-state index contributed by atoms with van der Waals surface area (Å²) < 4.78 is 2.11. The van der Waals surface area contributed by atoms with Crippen molar-refractivity contribution in [1.29, 1.82) is 0 Å². The summed E-state index contributed by atoms with van der Waals surface area (Å²) in [6, 6.07) is 0. The topological polar surface area (TPSA) is 44.5 Å². The number of aliphatic hydroxyl groups is 1. The molecule has 0 bridgehead atoms. The van der Waals surface area contributed by atoms with Gasteiger partial charge in [0.05, 0.1) is 11.9 Å². The van der Waals surface area contributed by atoms with Crippen LogP contribution >= 0.6 is 0 Å². The third-order valence-electron chi connectivity index (χ3n) is 3.31. The fourth-order valence-electron chi connectivity index (χ4n) is 2.39. The zero-order chi connectivity index (χ0) is 13.0. The van der Waals surface area contributed by atoms with Gasteiger partial charge in [-0.2, -0.15) is 0 Å². The van der Waals surface area contributed by atoms with Crippen LogP contribution in [0.3, 0.4) is 0 Å². The summed E-state index contributed by atoms with van der Waals surface area (Å²) in [5.74, 6) is 0. The van der Waals surface area contributed by atoms with Crippen LogP contribution in [0.2, 0.25) is 0 Å². The van der Waals surface area contributed by atoms with Gasteiger partial charge in [-0.25, -0.2) is 4.98 Å². The van der Waals surface area contributed by atoms with Crippen molar-refractivity contribution in [3.63, 3.8) is 0 Å². The Kier molecular flexibility index (Phi) is 4.37. The normalized spacial score (nSPS) is 19.3. The second-order valence-corrected chi connectivity index (χ2v) is 5.73. The summed E-state index contributed by atoms with van der Waals surface area (Å²) in [6.07, 6.45) is 5.69. The molecule has 1 fully saturated rings. The predicted octanol–water partition coefficient (Wildman–Crippen LogP) is 0.272. The molecule has 102 valence electrons. The van der Waals surface area contributed by atoms with Crippen molar-refractivity contribution in [1.82, 2.24) is 19.4 Å². The third-order valence-corrected chi connectivity index (χ3v) is 3.31. The molecular formula is C13H24N4O. The summed E-state index contributed by atoms with van der Waals surface area (Å²) >= 11 is 0. The molecule has 0 aliphatic carbocycles. The molecule has 0 amide bonds. The number of imidazole rings is 1. The second-order valence-electron chi connectivity index (χ2n) is 5.73. The van der Waals surface area contributed by atoms with Crippen LogP contribution in [-0.2, 0) is 6.54 Å². The molecule has 0 radical (unpaired) electrons. The molecular weight excluding hydrogens is 228 g/mol. The van der Waals surface area contributed by atoms with Gasteiger partial charge in [0.1, 0.15) is 0 Å². The van der Waals surface area contributed by atoms with Gasteiger partial charge in [0.2, 0.25) is 0 Å². The fraction of sp³-hybridized carbons (Fsp3) is 0.769. The number of piperazine rings is 1. The highest BCUT2D eigenvalue weighted by Gasteiger charge is 2.22. The maximum atomic E-state index is 9.80. The van der Waals surface area contributed by atoms with Gasteiger partial charge in [-0.05, 0) is 13.8 Å². The third kappa shape index (κ3) is 4.40. The van der Waals surface area contributed by atoms with E-state index in [-0.39, 0.29) is 0 Å². The molecule has 0 unspecified atom stereocenters. The van der Waals surface area contributed by atoms with Crippen LogP contribution in [0.4, 0.5) is 0 Å². The molecule has 1 saturated heterocycles. The summed E-state index contributed by atoms with van der Waals surface area (Å²) in [6.45, 7) is 10.9. The van der Waals surface area contributed by atoms with E-state index in [2.05, 4.69) is 19.4 Å². The SMILES string of the molecule is CC(C)(O)CN1CCN(CCn2ccnc2)CC1. The van der Waals surface area contributed by atoms with Gasteiger partial charge in [0, 0.05) is 58.2 Å². The molecule has 0 spiro atoms. The zero-order valence-corrected chi connectivity index (χ0v) is 11.4. The lowest BCUT2D eigenvalue weighted by Crippen LogP contribution is -2.50. The van der Waals surface area contributed by atoms with Crippen LogP contribution in [0.25, 0.3) is 0 Å². The van der Waals surface area contributed by atoms with E-state index >= 15 is 0 Å². The summed E-state index contributed by atoms with van der Waals surface area (Å²) in [4.78, 5) is 8.86. The number of rotatable bonds is 5. The van der Waals surface area contributed by atoms with Gasteiger partial charge in [0.25, 0.3) is 0 Å². The highest BCUT2D eigenvalue weighted by molar-refractivity contribution is 4.79. The van der Waals surface area contributed by atoms with E-state index in [1.54, 1.807) is 0 Å². The first-order chi connectivity index (χ1) is 8.53. The van der Waals surface area contributed by atoms with Crippen LogP contribution in [-0.4, -0.2) is 69.3 Å². The monoisotopic (exact) mass is 252 g/mol. The Hall–Kier alpha value is -0.910. The molecule has 1 N–H and O–H groups in total. The average molecular weight is 252 g/mol. The number of nitrogens with zero attached hydrogens (tertiary/aromatic N) is 4. The van der Waals surface area contributed by atoms with Crippen molar-refractivity contribution in [2.24, 2.45) is 0 Å². The summed E-state index contributed by atoms with van der Waals surface area (Å²) in [5.41, 5.74) is -0.584. The van der Waals surface area contributed by atoms with Crippen molar-refractivity contribution in [2.75, 3.05) is 39.3 Å². The van der Waals surface area contributed by atoms with E-state index < -0.39 is 5.60 Å². The maximum absolute atomic E-state index is 9.80. The van der Waals surface area contributed by atoms with Crippen molar-refractivity contribution < 1.29 is 5.11 Å². The average Bonchev–Trinajstić information content (AvgIpc) is 2.79. The van der Waals surface area contributed by atoms with Gasteiger partial charge in [-0.15, -0.1) is 0 Å². The molecule has 18 heavy (non-hydrogen) atoms. The molecule has 1 aliphatic rings. The largest absolute Gasteiger partial charge is 0.389 e. The van der Waals surface area contributed by atoms with E-state index in [9.17, 15) is 5.11 Å². The first kappa shape index (κ1) is 13.5. The van der Waals surface area contributed by atoms with Gasteiger partial charge >= 0.3 is 0 Å². The number of β-amino-alcohol motifs (C(OH)–C–C–N with tert-alkyl or cyclic N) is 1. The lowest BCUT2D eigenvalue weighted by Gasteiger charge is -2.37. The van der Waals surface area contributed by atoms with Crippen LogP contribution in [0.15, 0.2) is 18.7 Å². The smallest absolute Gasteiger partial charge is 0.0946 e. The summed E-state index contributed by atoms with van der Waals surface area (Å²) in [7, 11) is 0. The molecule has 1 aliphatic heterocycles. The predicted molar refractivity (Wildman–Crippen MR) is 71.4 cm³/mol. The minimum Gasteiger partial charge on any atom is -0.389 e. The van der Waals surface area contributed by atoms with E-state index in [1.165, 1.54) is 0 Å². The molecule has 0 atom stereocenters. The second kappa shape index (κ2) is 5.82.